The predicted molar refractivity (Wildman–Crippen MR) is 157 cm³/mol. The Morgan fingerprint density at radius 1 is 0.512 bits per heavy atom. The van der Waals surface area contributed by atoms with Gasteiger partial charge in [-0.1, -0.05) is 60.7 Å². The number of hydrogen-bond acceptors (Lipinski definition) is 9. The minimum absolute atomic E-state index is 0.0193. The summed E-state index contributed by atoms with van der Waals surface area (Å²) in [6.07, 6.45) is 0.00275. The summed E-state index contributed by atoms with van der Waals surface area (Å²) in [6.45, 7) is 3.51. The first-order chi connectivity index (χ1) is 21.0. The summed E-state index contributed by atoms with van der Waals surface area (Å²) in [6, 6.07) is 18.7. The van der Waals surface area contributed by atoms with Gasteiger partial charge in [-0.25, -0.2) is 0 Å². The van der Waals surface area contributed by atoms with Crippen LogP contribution in [0.25, 0.3) is 0 Å². The summed E-state index contributed by atoms with van der Waals surface area (Å²) in [7, 11) is 0. The molecule has 0 unspecified atom stereocenters. The predicted octanol–water partition coefficient (Wildman–Crippen LogP) is 2.75. The summed E-state index contributed by atoms with van der Waals surface area (Å²) >= 11 is 0. The molecule has 0 aromatic heterocycles. The van der Waals surface area contributed by atoms with Gasteiger partial charge < -0.3 is 33.5 Å². The summed E-state index contributed by atoms with van der Waals surface area (Å²) in [4.78, 5) is 53.3. The number of benzene rings is 2. The monoisotopic (exact) mass is 598 g/mol. The third-order valence-corrected chi connectivity index (χ3v) is 6.67. The summed E-state index contributed by atoms with van der Waals surface area (Å²) in [5.74, 6) is -1.26. The fraction of sp³-hybridized carbons (Fsp3) is 0.500. The number of nitrogens with zero attached hydrogens (tertiary/aromatic N) is 2. The molecule has 11 nitrogen and oxygen atoms in total. The van der Waals surface area contributed by atoms with E-state index >= 15 is 0 Å². The first-order valence-electron chi connectivity index (χ1n) is 14.7. The van der Waals surface area contributed by atoms with Crippen LogP contribution in [0.15, 0.2) is 60.7 Å². The second-order valence-electron chi connectivity index (χ2n) is 9.89. The lowest BCUT2D eigenvalue weighted by atomic mass is 10.2. The van der Waals surface area contributed by atoms with E-state index in [1.54, 1.807) is 9.80 Å². The van der Waals surface area contributed by atoms with Crippen LogP contribution in [0.4, 0.5) is 0 Å². The van der Waals surface area contributed by atoms with Crippen LogP contribution in [0, 0.1) is 0 Å². The molecule has 43 heavy (non-hydrogen) atoms. The molecule has 0 saturated carbocycles. The van der Waals surface area contributed by atoms with E-state index < -0.39 is 11.9 Å². The Labute approximate surface area is 253 Å². The average molecular weight is 599 g/mol. The zero-order chi connectivity index (χ0) is 30.5. The largest absolute Gasteiger partial charge is 0.461 e. The zero-order valence-corrected chi connectivity index (χ0v) is 24.7. The third kappa shape index (κ3) is 14.3. The van der Waals surface area contributed by atoms with E-state index in [0.717, 1.165) is 11.1 Å². The Kier molecular flexibility index (Phi) is 15.8. The maximum absolute atomic E-state index is 12.9. The van der Waals surface area contributed by atoms with Crippen molar-refractivity contribution in [1.29, 1.82) is 0 Å². The number of rotatable bonds is 10. The molecule has 11 heteroatoms. The number of esters is 2. The maximum Gasteiger partial charge on any atom is 0.306 e. The number of carbonyl (C=O) groups excluding carboxylic acids is 4. The van der Waals surface area contributed by atoms with Gasteiger partial charge in [0, 0.05) is 39.0 Å². The number of carbonyl (C=O) groups is 4. The molecule has 2 aromatic rings. The summed E-state index contributed by atoms with van der Waals surface area (Å²) in [5.41, 5.74) is 1.76. The van der Waals surface area contributed by atoms with Gasteiger partial charge in [-0.05, 0) is 11.1 Å². The minimum atomic E-state index is -0.436. The first-order valence-corrected chi connectivity index (χ1v) is 14.7. The molecule has 234 valence electrons. The minimum Gasteiger partial charge on any atom is -0.461 e. The SMILES string of the molecule is O=C(CCC(=O)N1CCOCCOCCN(C(=O)CCC(=O)OCc2ccccc2)CCOCC1)OCc1ccccc1. The smallest absolute Gasteiger partial charge is 0.306 e. The third-order valence-electron chi connectivity index (χ3n) is 6.67. The van der Waals surface area contributed by atoms with Crippen LogP contribution in [0.3, 0.4) is 0 Å². The highest BCUT2D eigenvalue weighted by Crippen LogP contribution is 2.07. The molecule has 0 atom stereocenters. The highest BCUT2D eigenvalue weighted by molar-refractivity contribution is 5.82. The van der Waals surface area contributed by atoms with Crippen molar-refractivity contribution in [3.63, 3.8) is 0 Å². The molecular formula is C32H42N2O9. The van der Waals surface area contributed by atoms with Crippen molar-refractivity contribution in [2.45, 2.75) is 38.9 Å². The molecule has 1 heterocycles. The van der Waals surface area contributed by atoms with E-state index in [1.807, 2.05) is 60.7 Å². The Balaban J connectivity index is 1.39. The van der Waals surface area contributed by atoms with Gasteiger partial charge in [0.05, 0.1) is 52.5 Å². The van der Waals surface area contributed by atoms with Crippen LogP contribution in [0.2, 0.25) is 0 Å². The fourth-order valence-electron chi connectivity index (χ4n) is 4.20. The van der Waals surface area contributed by atoms with Crippen LogP contribution in [-0.4, -0.2) is 99.4 Å². The lowest BCUT2D eigenvalue weighted by Crippen LogP contribution is -2.38. The molecule has 1 aliphatic rings. The van der Waals surface area contributed by atoms with Gasteiger partial charge in [-0.3, -0.25) is 19.2 Å². The van der Waals surface area contributed by atoms with Gasteiger partial charge in [0.1, 0.15) is 13.2 Å². The standard InChI is InChI=1S/C32H42N2O9/c35-29(11-13-31(37)42-25-27-7-3-1-4-8-27)33-15-19-39-20-16-34(18-22-41-24-23-40-21-17-33)30(36)12-14-32(38)43-26-28-9-5-2-6-10-28/h1-10H,11-26H2. The molecule has 2 aromatic carbocycles. The topological polar surface area (TPSA) is 121 Å². The second kappa shape index (κ2) is 20.2. The van der Waals surface area contributed by atoms with Gasteiger partial charge >= 0.3 is 11.9 Å². The van der Waals surface area contributed by atoms with Gasteiger partial charge in [0.15, 0.2) is 0 Å². The molecule has 0 N–H and O–H groups in total. The maximum atomic E-state index is 12.9. The Morgan fingerprint density at radius 3 is 1.23 bits per heavy atom. The quantitative estimate of drug-likeness (QED) is 0.380. The molecule has 0 bridgehead atoms. The lowest BCUT2D eigenvalue weighted by molar-refractivity contribution is -0.147. The first kappa shape index (κ1) is 33.7. The molecule has 1 aliphatic heterocycles. The van der Waals surface area contributed by atoms with Gasteiger partial charge in [0.25, 0.3) is 0 Å². The van der Waals surface area contributed by atoms with Crippen molar-refractivity contribution >= 4 is 23.8 Å². The number of amides is 2. The molecule has 2 amide bonds. The van der Waals surface area contributed by atoms with E-state index in [9.17, 15) is 19.2 Å². The van der Waals surface area contributed by atoms with Crippen molar-refractivity contribution in [2.24, 2.45) is 0 Å². The number of hydrogen-bond donors (Lipinski definition) is 0. The molecular weight excluding hydrogens is 556 g/mol. The van der Waals surface area contributed by atoms with Gasteiger partial charge in [0.2, 0.25) is 11.8 Å². The molecule has 0 aliphatic carbocycles. The summed E-state index contributed by atoms with van der Waals surface area (Å²) in [5, 5.41) is 0. The number of ether oxygens (including phenoxy) is 5. The van der Waals surface area contributed by atoms with Crippen molar-refractivity contribution < 1.29 is 42.9 Å². The highest BCUT2D eigenvalue weighted by atomic mass is 16.5. The van der Waals surface area contributed by atoms with Crippen molar-refractivity contribution in [3.05, 3.63) is 71.8 Å². The van der Waals surface area contributed by atoms with Crippen molar-refractivity contribution in [2.75, 3.05) is 65.8 Å². The lowest BCUT2D eigenvalue weighted by Gasteiger charge is -2.24. The van der Waals surface area contributed by atoms with E-state index in [2.05, 4.69) is 0 Å². The van der Waals surface area contributed by atoms with Crippen LogP contribution in [0.5, 0.6) is 0 Å². The Morgan fingerprint density at radius 2 is 0.860 bits per heavy atom. The highest BCUT2D eigenvalue weighted by Gasteiger charge is 2.18. The van der Waals surface area contributed by atoms with E-state index in [-0.39, 0.29) is 63.9 Å². The van der Waals surface area contributed by atoms with Gasteiger partial charge in [-0.15, -0.1) is 0 Å². The Bertz CT molecular complexity index is 1030. The molecule has 0 spiro atoms. The second-order valence-corrected chi connectivity index (χ2v) is 9.89. The molecule has 3 rings (SSSR count). The van der Waals surface area contributed by atoms with Crippen LogP contribution < -0.4 is 0 Å². The average Bonchev–Trinajstić information content (AvgIpc) is 3.04. The van der Waals surface area contributed by atoms with Crippen molar-refractivity contribution in [1.82, 2.24) is 9.80 Å². The summed E-state index contributed by atoms with van der Waals surface area (Å²) < 4.78 is 27.5. The van der Waals surface area contributed by atoms with Crippen LogP contribution in [-0.2, 0) is 56.1 Å². The van der Waals surface area contributed by atoms with Gasteiger partial charge in [-0.2, -0.15) is 0 Å². The van der Waals surface area contributed by atoms with Crippen molar-refractivity contribution in [3.8, 4) is 0 Å². The normalized spacial score (nSPS) is 15.5. The Hall–Kier alpha value is -3.80. The van der Waals surface area contributed by atoms with E-state index in [0.29, 0.717) is 52.6 Å². The molecule has 1 saturated heterocycles. The van der Waals surface area contributed by atoms with E-state index in [4.69, 9.17) is 23.7 Å². The van der Waals surface area contributed by atoms with Crippen LogP contribution >= 0.6 is 0 Å². The fourth-order valence-corrected chi connectivity index (χ4v) is 4.20. The molecule has 0 radical (unpaired) electrons. The van der Waals surface area contributed by atoms with Crippen LogP contribution in [0.1, 0.15) is 36.8 Å². The zero-order valence-electron chi connectivity index (χ0n) is 24.7. The molecule has 1 fully saturated rings. The van der Waals surface area contributed by atoms with E-state index in [1.165, 1.54) is 0 Å².